The molecule has 0 spiro atoms. The fourth-order valence-corrected chi connectivity index (χ4v) is 3.34. The number of carbonyl (C=O) groups is 3. The monoisotopic (exact) mass is 416 g/mol. The van der Waals surface area contributed by atoms with Crippen LogP contribution in [0.5, 0.6) is 0 Å². The van der Waals surface area contributed by atoms with E-state index < -0.39 is 29.7 Å². The molecule has 1 atom stereocenters. The number of thiophene rings is 1. The highest BCUT2D eigenvalue weighted by Gasteiger charge is 2.23. The molecule has 0 aliphatic carbocycles. The first-order chi connectivity index (χ1) is 13.8. The zero-order valence-corrected chi connectivity index (χ0v) is 16.3. The third-order valence-corrected chi connectivity index (χ3v) is 5.00. The van der Waals surface area contributed by atoms with Gasteiger partial charge in [0.05, 0.1) is 17.0 Å². The van der Waals surface area contributed by atoms with Crippen LogP contribution in [0.4, 0.5) is 15.1 Å². The smallest absolute Gasteiger partial charge is 0.349 e. The van der Waals surface area contributed by atoms with Gasteiger partial charge in [0, 0.05) is 0 Å². The Morgan fingerprint density at radius 3 is 2.59 bits per heavy atom. The van der Waals surface area contributed by atoms with Crippen molar-refractivity contribution in [3.8, 4) is 0 Å². The number of rotatable bonds is 6. The Labute approximate surface area is 169 Å². The van der Waals surface area contributed by atoms with Crippen molar-refractivity contribution in [2.45, 2.75) is 20.0 Å². The number of aryl methyl sites for hydroxylation is 1. The van der Waals surface area contributed by atoms with Crippen LogP contribution < -0.4 is 10.6 Å². The van der Waals surface area contributed by atoms with Crippen LogP contribution in [0, 0.1) is 12.7 Å². The van der Waals surface area contributed by atoms with Crippen LogP contribution in [0.3, 0.4) is 0 Å². The number of hydrogen-bond acceptors (Lipinski definition) is 6. The minimum Gasteiger partial charge on any atom is -0.459 e. The molecule has 29 heavy (non-hydrogen) atoms. The molecule has 7 nitrogen and oxygen atoms in total. The molecule has 0 saturated carbocycles. The molecular formula is C20H17FN2O5S. The topological polar surface area (TPSA) is 97.6 Å². The Balaban J connectivity index is 1.62. The van der Waals surface area contributed by atoms with Gasteiger partial charge >= 0.3 is 5.97 Å². The molecule has 2 aromatic heterocycles. The number of nitrogens with one attached hydrogen (secondary N) is 2. The first-order valence-electron chi connectivity index (χ1n) is 8.57. The molecule has 3 aromatic rings. The predicted molar refractivity (Wildman–Crippen MR) is 106 cm³/mol. The third-order valence-electron chi connectivity index (χ3n) is 3.87. The number of halogens is 1. The Kier molecular flexibility index (Phi) is 6.08. The molecule has 0 aliphatic rings. The molecule has 0 radical (unpaired) electrons. The van der Waals surface area contributed by atoms with Crippen molar-refractivity contribution in [3.63, 3.8) is 0 Å². The molecule has 0 aliphatic heterocycles. The van der Waals surface area contributed by atoms with Gasteiger partial charge in [-0.1, -0.05) is 12.1 Å². The Morgan fingerprint density at radius 2 is 1.90 bits per heavy atom. The molecule has 150 valence electrons. The van der Waals surface area contributed by atoms with Crippen LogP contribution in [0.25, 0.3) is 0 Å². The van der Waals surface area contributed by atoms with Crippen molar-refractivity contribution in [1.29, 1.82) is 0 Å². The summed E-state index contributed by atoms with van der Waals surface area (Å²) in [5, 5.41) is 5.44. The minimum absolute atomic E-state index is 0.00405. The average molecular weight is 416 g/mol. The van der Waals surface area contributed by atoms with Gasteiger partial charge in [0.15, 0.2) is 11.9 Å². The molecule has 0 bridgehead atoms. The molecule has 3 rings (SSSR count). The van der Waals surface area contributed by atoms with Crippen LogP contribution in [0.2, 0.25) is 0 Å². The van der Waals surface area contributed by atoms with Gasteiger partial charge in [0.2, 0.25) is 0 Å². The second-order valence-corrected chi connectivity index (χ2v) is 7.12. The van der Waals surface area contributed by atoms with E-state index in [0.29, 0.717) is 10.6 Å². The van der Waals surface area contributed by atoms with E-state index in [-0.39, 0.29) is 16.3 Å². The van der Waals surface area contributed by atoms with Crippen molar-refractivity contribution >= 4 is 39.8 Å². The van der Waals surface area contributed by atoms with Crippen molar-refractivity contribution < 1.29 is 27.9 Å². The Hall–Kier alpha value is -3.46. The number of hydrogen-bond donors (Lipinski definition) is 2. The minimum atomic E-state index is -1.15. The summed E-state index contributed by atoms with van der Waals surface area (Å²) in [6.45, 7) is 3.07. The third kappa shape index (κ3) is 4.88. The molecule has 2 amide bonds. The number of furan rings is 1. The quantitative estimate of drug-likeness (QED) is 0.586. The highest BCUT2D eigenvalue weighted by molar-refractivity contribution is 7.18. The van der Waals surface area contributed by atoms with Gasteiger partial charge in [-0.15, -0.1) is 11.3 Å². The Morgan fingerprint density at radius 1 is 1.14 bits per heavy atom. The van der Waals surface area contributed by atoms with E-state index in [9.17, 15) is 18.8 Å². The summed E-state index contributed by atoms with van der Waals surface area (Å²) in [7, 11) is 0. The van der Waals surface area contributed by atoms with Crippen LogP contribution in [-0.4, -0.2) is 23.9 Å². The van der Waals surface area contributed by atoms with E-state index in [1.807, 2.05) is 0 Å². The lowest BCUT2D eigenvalue weighted by Crippen LogP contribution is -2.30. The summed E-state index contributed by atoms with van der Waals surface area (Å²) in [6, 6.07) is 10.4. The van der Waals surface area contributed by atoms with Crippen molar-refractivity contribution in [2.24, 2.45) is 0 Å². The van der Waals surface area contributed by atoms with Crippen LogP contribution in [0.15, 0.2) is 53.1 Å². The summed E-state index contributed by atoms with van der Waals surface area (Å²) in [5.74, 6) is -2.29. The van der Waals surface area contributed by atoms with Gasteiger partial charge in [-0.05, 0) is 49.7 Å². The zero-order chi connectivity index (χ0) is 21.0. The Bertz CT molecular complexity index is 1050. The summed E-state index contributed by atoms with van der Waals surface area (Å²) in [5.41, 5.74) is 0.576. The average Bonchev–Trinajstić information content (AvgIpc) is 3.33. The van der Waals surface area contributed by atoms with Gasteiger partial charge in [0.1, 0.15) is 10.7 Å². The number of benzene rings is 1. The molecule has 1 aromatic carbocycles. The predicted octanol–water partition coefficient (Wildman–Crippen LogP) is 4.22. The standard InChI is InChI=1S/C20H17FN2O5S/c1-11-10-16(23-19(25)15-8-5-9-27-15)29-17(11)20(26)28-12(2)18(24)22-14-7-4-3-6-13(14)21/h3-10,12H,1-2H3,(H,22,24)(H,23,25). The number of ether oxygens (including phenoxy) is 1. The maximum atomic E-state index is 13.6. The van der Waals surface area contributed by atoms with E-state index in [2.05, 4.69) is 10.6 Å². The molecule has 2 heterocycles. The van der Waals surface area contributed by atoms with E-state index in [1.54, 1.807) is 25.1 Å². The largest absolute Gasteiger partial charge is 0.459 e. The lowest BCUT2D eigenvalue weighted by molar-refractivity contribution is -0.123. The second kappa shape index (κ2) is 8.70. The lowest BCUT2D eigenvalue weighted by Gasteiger charge is -2.13. The fraction of sp³-hybridized carbons (Fsp3) is 0.150. The SMILES string of the molecule is Cc1cc(NC(=O)c2ccco2)sc1C(=O)OC(C)C(=O)Nc1ccccc1F. The first kappa shape index (κ1) is 20.3. The molecule has 2 N–H and O–H groups in total. The van der Waals surface area contributed by atoms with E-state index >= 15 is 0 Å². The summed E-state index contributed by atoms with van der Waals surface area (Å²) < 4.78 is 23.8. The van der Waals surface area contributed by atoms with E-state index in [4.69, 9.17) is 9.15 Å². The summed E-state index contributed by atoms with van der Waals surface area (Å²) in [4.78, 5) is 36.9. The highest BCUT2D eigenvalue weighted by Crippen LogP contribution is 2.28. The van der Waals surface area contributed by atoms with Crippen molar-refractivity contribution in [2.75, 3.05) is 10.6 Å². The summed E-state index contributed by atoms with van der Waals surface area (Å²) in [6.07, 6.45) is 0.232. The number of anilines is 2. The number of para-hydroxylation sites is 1. The maximum absolute atomic E-state index is 13.6. The van der Waals surface area contributed by atoms with Crippen LogP contribution in [0.1, 0.15) is 32.7 Å². The maximum Gasteiger partial charge on any atom is 0.349 e. The van der Waals surface area contributed by atoms with Gasteiger partial charge in [-0.3, -0.25) is 9.59 Å². The fourth-order valence-electron chi connectivity index (χ4n) is 2.39. The normalized spacial score (nSPS) is 11.6. The van der Waals surface area contributed by atoms with Crippen molar-refractivity contribution in [1.82, 2.24) is 0 Å². The number of esters is 1. The van der Waals surface area contributed by atoms with Gasteiger partial charge in [-0.25, -0.2) is 9.18 Å². The molecule has 9 heteroatoms. The molecular weight excluding hydrogens is 399 g/mol. The van der Waals surface area contributed by atoms with Gasteiger partial charge < -0.3 is 19.8 Å². The van der Waals surface area contributed by atoms with Crippen LogP contribution >= 0.6 is 11.3 Å². The zero-order valence-electron chi connectivity index (χ0n) is 15.5. The van der Waals surface area contributed by atoms with E-state index in [1.165, 1.54) is 37.5 Å². The molecule has 0 fully saturated rings. The highest BCUT2D eigenvalue weighted by atomic mass is 32.1. The van der Waals surface area contributed by atoms with Crippen LogP contribution in [-0.2, 0) is 9.53 Å². The molecule has 0 saturated heterocycles. The molecule has 1 unspecified atom stereocenters. The van der Waals surface area contributed by atoms with Gasteiger partial charge in [0.25, 0.3) is 11.8 Å². The lowest BCUT2D eigenvalue weighted by atomic mass is 10.2. The number of carbonyl (C=O) groups excluding carboxylic acids is 3. The summed E-state index contributed by atoms with van der Waals surface area (Å²) >= 11 is 1.01. The second-order valence-electron chi connectivity index (χ2n) is 6.07. The first-order valence-corrected chi connectivity index (χ1v) is 9.38. The van der Waals surface area contributed by atoms with E-state index in [0.717, 1.165) is 11.3 Å². The van der Waals surface area contributed by atoms with Gasteiger partial charge in [-0.2, -0.15) is 0 Å². The van der Waals surface area contributed by atoms with Crippen molar-refractivity contribution in [3.05, 3.63) is 70.7 Å². The number of amides is 2.